The first-order valence-corrected chi connectivity index (χ1v) is 7.49. The zero-order chi connectivity index (χ0) is 16.2. The SMILES string of the molecule is CN(Cc1cccc(Cl)c1)Cc1nc(-c2ccc(F)cc2)no1. The third kappa shape index (κ3) is 4.15. The molecular formula is C17H15ClFN3O. The Bertz CT molecular complexity index is 789. The predicted molar refractivity (Wildman–Crippen MR) is 86.3 cm³/mol. The largest absolute Gasteiger partial charge is 0.338 e. The Balaban J connectivity index is 1.65. The van der Waals surface area contributed by atoms with Crippen molar-refractivity contribution in [2.75, 3.05) is 7.05 Å². The predicted octanol–water partition coefficient (Wildman–Crippen LogP) is 4.16. The molecule has 0 N–H and O–H groups in total. The second kappa shape index (κ2) is 6.89. The fraction of sp³-hybridized carbons (Fsp3) is 0.176. The van der Waals surface area contributed by atoms with Crippen LogP contribution in [0.4, 0.5) is 4.39 Å². The minimum atomic E-state index is -0.293. The Morgan fingerprint density at radius 2 is 1.91 bits per heavy atom. The van der Waals surface area contributed by atoms with Gasteiger partial charge >= 0.3 is 0 Å². The first-order chi connectivity index (χ1) is 11.1. The molecule has 1 heterocycles. The van der Waals surface area contributed by atoms with Gasteiger partial charge in [-0.3, -0.25) is 4.90 Å². The maximum Gasteiger partial charge on any atom is 0.241 e. The summed E-state index contributed by atoms with van der Waals surface area (Å²) in [7, 11) is 1.96. The van der Waals surface area contributed by atoms with Gasteiger partial charge in [0.05, 0.1) is 6.54 Å². The van der Waals surface area contributed by atoms with Crippen LogP contribution in [0.1, 0.15) is 11.5 Å². The molecule has 0 aliphatic carbocycles. The van der Waals surface area contributed by atoms with E-state index in [0.717, 1.165) is 17.7 Å². The zero-order valence-corrected chi connectivity index (χ0v) is 13.3. The lowest BCUT2D eigenvalue weighted by atomic mass is 10.2. The smallest absolute Gasteiger partial charge is 0.241 e. The van der Waals surface area contributed by atoms with Gasteiger partial charge in [0.25, 0.3) is 0 Å². The number of hydrogen-bond donors (Lipinski definition) is 0. The van der Waals surface area contributed by atoms with Gasteiger partial charge in [0.1, 0.15) is 5.82 Å². The summed E-state index contributed by atoms with van der Waals surface area (Å²) >= 11 is 5.98. The van der Waals surface area contributed by atoms with Crippen LogP contribution in [0, 0.1) is 5.82 Å². The van der Waals surface area contributed by atoms with Gasteiger partial charge in [-0.1, -0.05) is 28.9 Å². The second-order valence-electron chi connectivity index (χ2n) is 5.32. The second-order valence-corrected chi connectivity index (χ2v) is 5.76. The molecule has 0 saturated carbocycles. The molecule has 0 atom stereocenters. The summed E-state index contributed by atoms with van der Waals surface area (Å²) in [4.78, 5) is 6.39. The first-order valence-electron chi connectivity index (χ1n) is 7.11. The molecule has 0 unspecified atom stereocenters. The van der Waals surface area contributed by atoms with Crippen LogP contribution in [0.3, 0.4) is 0 Å². The highest BCUT2D eigenvalue weighted by Gasteiger charge is 2.11. The molecule has 3 aromatic rings. The van der Waals surface area contributed by atoms with Gasteiger partial charge in [0, 0.05) is 17.1 Å². The molecule has 0 aliphatic rings. The van der Waals surface area contributed by atoms with Crippen LogP contribution >= 0.6 is 11.6 Å². The summed E-state index contributed by atoms with van der Waals surface area (Å²) in [5, 5.41) is 4.65. The summed E-state index contributed by atoms with van der Waals surface area (Å²) in [6.45, 7) is 1.23. The highest BCUT2D eigenvalue weighted by atomic mass is 35.5. The first kappa shape index (κ1) is 15.6. The maximum absolute atomic E-state index is 12.9. The third-order valence-corrected chi connectivity index (χ3v) is 3.55. The van der Waals surface area contributed by atoms with Crippen molar-refractivity contribution in [1.29, 1.82) is 0 Å². The van der Waals surface area contributed by atoms with Gasteiger partial charge in [-0.05, 0) is 49.0 Å². The number of benzene rings is 2. The summed E-state index contributed by atoms with van der Waals surface area (Å²) in [5.74, 6) is 0.670. The topological polar surface area (TPSA) is 42.2 Å². The lowest BCUT2D eigenvalue weighted by Gasteiger charge is -2.14. The van der Waals surface area contributed by atoms with E-state index in [1.54, 1.807) is 12.1 Å². The van der Waals surface area contributed by atoms with Crippen molar-refractivity contribution in [1.82, 2.24) is 15.0 Å². The minimum absolute atomic E-state index is 0.293. The molecule has 3 rings (SSSR count). The number of rotatable bonds is 5. The quantitative estimate of drug-likeness (QED) is 0.704. The molecule has 1 aromatic heterocycles. The Kier molecular flexibility index (Phi) is 4.69. The molecule has 6 heteroatoms. The lowest BCUT2D eigenvalue weighted by Crippen LogP contribution is -2.17. The summed E-state index contributed by atoms with van der Waals surface area (Å²) in [6.07, 6.45) is 0. The molecule has 0 bridgehead atoms. The van der Waals surface area contributed by atoms with Crippen LogP contribution < -0.4 is 0 Å². The van der Waals surface area contributed by atoms with E-state index in [4.69, 9.17) is 16.1 Å². The molecule has 0 fully saturated rings. The third-order valence-electron chi connectivity index (χ3n) is 3.32. The van der Waals surface area contributed by atoms with Crippen LogP contribution in [0.5, 0.6) is 0 Å². The van der Waals surface area contributed by atoms with Gasteiger partial charge < -0.3 is 4.52 Å². The monoisotopic (exact) mass is 331 g/mol. The average molecular weight is 332 g/mol. The summed E-state index contributed by atoms with van der Waals surface area (Å²) in [6, 6.07) is 13.7. The average Bonchev–Trinajstić information content (AvgIpc) is 2.96. The van der Waals surface area contributed by atoms with Crippen molar-refractivity contribution in [2.45, 2.75) is 13.1 Å². The standard InChI is InChI=1S/C17H15ClFN3O/c1-22(10-12-3-2-4-14(18)9-12)11-16-20-17(21-23-16)13-5-7-15(19)8-6-13/h2-9H,10-11H2,1H3. The van der Waals surface area contributed by atoms with E-state index in [-0.39, 0.29) is 5.82 Å². The minimum Gasteiger partial charge on any atom is -0.338 e. The van der Waals surface area contributed by atoms with E-state index in [0.29, 0.717) is 23.3 Å². The van der Waals surface area contributed by atoms with Crippen LogP contribution in [-0.4, -0.2) is 22.1 Å². The molecule has 0 radical (unpaired) electrons. The van der Waals surface area contributed by atoms with Gasteiger partial charge in [-0.25, -0.2) is 4.39 Å². The molecule has 0 aliphatic heterocycles. The van der Waals surface area contributed by atoms with E-state index in [2.05, 4.69) is 10.1 Å². The molecule has 118 valence electrons. The van der Waals surface area contributed by atoms with Crippen molar-refractivity contribution in [3.05, 3.63) is 70.8 Å². The number of hydrogen-bond acceptors (Lipinski definition) is 4. The van der Waals surface area contributed by atoms with Crippen LogP contribution in [0.15, 0.2) is 53.1 Å². The van der Waals surface area contributed by atoms with Gasteiger partial charge in [0.2, 0.25) is 11.7 Å². The molecule has 4 nitrogen and oxygen atoms in total. The van der Waals surface area contributed by atoms with Crippen molar-refractivity contribution in [3.8, 4) is 11.4 Å². The van der Waals surface area contributed by atoms with Gasteiger partial charge in [-0.15, -0.1) is 0 Å². The zero-order valence-electron chi connectivity index (χ0n) is 12.5. The maximum atomic E-state index is 12.9. The molecule has 23 heavy (non-hydrogen) atoms. The van der Waals surface area contributed by atoms with Crippen molar-refractivity contribution in [3.63, 3.8) is 0 Å². The van der Waals surface area contributed by atoms with E-state index >= 15 is 0 Å². The van der Waals surface area contributed by atoms with E-state index < -0.39 is 0 Å². The number of halogens is 2. The molecular weight excluding hydrogens is 317 g/mol. The highest BCUT2D eigenvalue weighted by molar-refractivity contribution is 6.30. The fourth-order valence-corrected chi connectivity index (χ4v) is 2.48. The van der Waals surface area contributed by atoms with Gasteiger partial charge in [-0.2, -0.15) is 4.98 Å². The molecule has 0 amide bonds. The Morgan fingerprint density at radius 3 is 2.65 bits per heavy atom. The molecule has 0 spiro atoms. The highest BCUT2D eigenvalue weighted by Crippen LogP contribution is 2.17. The van der Waals surface area contributed by atoms with E-state index in [9.17, 15) is 4.39 Å². The van der Waals surface area contributed by atoms with Crippen LogP contribution in [0.2, 0.25) is 5.02 Å². The normalized spacial score (nSPS) is 11.1. The molecule has 2 aromatic carbocycles. The number of aromatic nitrogens is 2. The lowest BCUT2D eigenvalue weighted by molar-refractivity contribution is 0.261. The van der Waals surface area contributed by atoms with Crippen LogP contribution in [0.25, 0.3) is 11.4 Å². The van der Waals surface area contributed by atoms with Crippen molar-refractivity contribution < 1.29 is 8.91 Å². The number of nitrogens with zero attached hydrogens (tertiary/aromatic N) is 3. The van der Waals surface area contributed by atoms with Crippen LogP contribution in [-0.2, 0) is 13.1 Å². The fourth-order valence-electron chi connectivity index (χ4n) is 2.27. The van der Waals surface area contributed by atoms with E-state index in [1.807, 2.05) is 36.2 Å². The van der Waals surface area contributed by atoms with Crippen molar-refractivity contribution >= 4 is 11.6 Å². The summed E-state index contributed by atoms with van der Waals surface area (Å²) < 4.78 is 18.2. The Morgan fingerprint density at radius 1 is 1.13 bits per heavy atom. The van der Waals surface area contributed by atoms with Crippen molar-refractivity contribution in [2.24, 2.45) is 0 Å². The molecule has 0 saturated heterocycles. The summed E-state index contributed by atoms with van der Waals surface area (Å²) in [5.41, 5.74) is 1.83. The Hall–Kier alpha value is -2.24. The van der Waals surface area contributed by atoms with Gasteiger partial charge in [0.15, 0.2) is 0 Å². The Labute approximate surface area is 138 Å². The van der Waals surface area contributed by atoms with E-state index in [1.165, 1.54) is 12.1 Å².